The molecule has 1 fully saturated rings. The lowest BCUT2D eigenvalue weighted by molar-refractivity contribution is 0.00224. The Morgan fingerprint density at radius 2 is 1.91 bits per heavy atom. The maximum absolute atomic E-state index is 9.27. The van der Waals surface area contributed by atoms with Gasteiger partial charge in [-0.1, -0.05) is 0 Å². The predicted octanol–water partition coefficient (Wildman–Crippen LogP) is -1.12. The molecule has 1 unspecified atom stereocenters. The van der Waals surface area contributed by atoms with Gasteiger partial charge in [-0.05, 0) is 13.3 Å². The van der Waals surface area contributed by atoms with Gasteiger partial charge in [0.2, 0.25) is 0 Å². The lowest BCUT2D eigenvalue weighted by atomic mass is 10.1. The second-order valence-electron chi connectivity index (χ2n) is 2.87. The molecule has 1 aliphatic rings. The van der Waals surface area contributed by atoms with Gasteiger partial charge < -0.3 is 20.1 Å². The van der Waals surface area contributed by atoms with Crippen molar-refractivity contribution in [1.82, 2.24) is 0 Å². The molecule has 4 nitrogen and oxygen atoms in total. The van der Waals surface area contributed by atoms with Crippen LogP contribution in [0.15, 0.2) is 0 Å². The molecule has 1 saturated heterocycles. The van der Waals surface area contributed by atoms with Crippen LogP contribution in [-0.4, -0.2) is 46.3 Å². The molecule has 1 heterocycles. The molecule has 0 aromatic rings. The maximum atomic E-state index is 9.27. The van der Waals surface area contributed by atoms with E-state index in [2.05, 4.69) is 0 Å². The van der Waals surface area contributed by atoms with Crippen LogP contribution in [0.1, 0.15) is 13.3 Å². The Morgan fingerprint density at radius 1 is 1.27 bits per heavy atom. The van der Waals surface area contributed by atoms with E-state index in [1.54, 1.807) is 6.92 Å². The first-order valence-electron chi connectivity index (χ1n) is 3.79. The minimum atomic E-state index is -0.850. The van der Waals surface area contributed by atoms with Crippen LogP contribution in [0.3, 0.4) is 0 Å². The second-order valence-corrected chi connectivity index (χ2v) is 2.87. The van der Waals surface area contributed by atoms with E-state index in [0.29, 0.717) is 6.42 Å². The normalized spacial score (nSPS) is 44.7. The number of aliphatic hydroxyl groups is 3. The average molecular weight is 162 g/mol. The van der Waals surface area contributed by atoms with Gasteiger partial charge in [-0.3, -0.25) is 0 Å². The molecule has 0 bridgehead atoms. The Hall–Kier alpha value is -0.160. The molecule has 0 aromatic heterocycles. The molecule has 4 heteroatoms. The zero-order chi connectivity index (χ0) is 8.43. The number of hydrogen-bond acceptors (Lipinski definition) is 4. The lowest BCUT2D eigenvalue weighted by Gasteiger charge is -2.12. The topological polar surface area (TPSA) is 69.9 Å². The smallest absolute Gasteiger partial charge is 0.109 e. The van der Waals surface area contributed by atoms with E-state index in [1.165, 1.54) is 0 Å². The van der Waals surface area contributed by atoms with Gasteiger partial charge in [-0.25, -0.2) is 0 Å². The van der Waals surface area contributed by atoms with Crippen LogP contribution in [0, 0.1) is 0 Å². The summed E-state index contributed by atoms with van der Waals surface area (Å²) in [6, 6.07) is 0. The summed E-state index contributed by atoms with van der Waals surface area (Å²) in [7, 11) is 0. The molecule has 0 spiro atoms. The van der Waals surface area contributed by atoms with E-state index >= 15 is 0 Å². The zero-order valence-corrected chi connectivity index (χ0v) is 6.47. The third-order valence-corrected chi connectivity index (χ3v) is 2.01. The van der Waals surface area contributed by atoms with Gasteiger partial charge in [0.1, 0.15) is 12.2 Å². The number of hydrogen-bond donors (Lipinski definition) is 3. The van der Waals surface area contributed by atoms with E-state index in [9.17, 15) is 10.2 Å². The Labute approximate surface area is 65.4 Å². The fourth-order valence-electron chi connectivity index (χ4n) is 1.30. The van der Waals surface area contributed by atoms with E-state index in [-0.39, 0.29) is 12.7 Å². The molecule has 11 heavy (non-hydrogen) atoms. The molecule has 0 aromatic carbocycles. The molecular weight excluding hydrogens is 148 g/mol. The molecule has 1 rings (SSSR count). The van der Waals surface area contributed by atoms with E-state index < -0.39 is 18.3 Å². The minimum Gasteiger partial charge on any atom is -0.396 e. The third-order valence-electron chi connectivity index (χ3n) is 2.01. The Kier molecular flexibility index (Phi) is 2.84. The van der Waals surface area contributed by atoms with Crippen LogP contribution in [0.5, 0.6) is 0 Å². The van der Waals surface area contributed by atoms with Crippen LogP contribution in [0.4, 0.5) is 0 Å². The van der Waals surface area contributed by atoms with Crippen molar-refractivity contribution in [2.24, 2.45) is 0 Å². The van der Waals surface area contributed by atoms with Crippen molar-refractivity contribution < 1.29 is 20.1 Å². The molecule has 3 N–H and O–H groups in total. The fraction of sp³-hybridized carbons (Fsp3) is 1.00. The average Bonchev–Trinajstić information content (AvgIpc) is 2.19. The van der Waals surface area contributed by atoms with Gasteiger partial charge >= 0.3 is 0 Å². The van der Waals surface area contributed by atoms with Crippen molar-refractivity contribution in [2.45, 2.75) is 37.8 Å². The molecule has 66 valence electrons. The van der Waals surface area contributed by atoms with Crippen LogP contribution >= 0.6 is 0 Å². The molecule has 0 amide bonds. The van der Waals surface area contributed by atoms with Crippen molar-refractivity contribution >= 4 is 0 Å². The second kappa shape index (κ2) is 3.49. The van der Waals surface area contributed by atoms with Gasteiger partial charge in [0.25, 0.3) is 0 Å². The summed E-state index contributed by atoms with van der Waals surface area (Å²) in [4.78, 5) is 0. The monoisotopic (exact) mass is 162 g/mol. The lowest BCUT2D eigenvalue weighted by Crippen LogP contribution is -2.31. The first kappa shape index (κ1) is 8.93. The molecule has 0 radical (unpaired) electrons. The Bertz CT molecular complexity index is 128. The fourth-order valence-corrected chi connectivity index (χ4v) is 1.30. The van der Waals surface area contributed by atoms with Crippen LogP contribution < -0.4 is 0 Å². The number of ether oxygens (including phenoxy) is 1. The summed E-state index contributed by atoms with van der Waals surface area (Å²) in [5, 5.41) is 27.0. The summed E-state index contributed by atoms with van der Waals surface area (Å²) >= 11 is 0. The van der Waals surface area contributed by atoms with Gasteiger partial charge in [-0.15, -0.1) is 0 Å². The first-order valence-corrected chi connectivity index (χ1v) is 3.79. The summed E-state index contributed by atoms with van der Waals surface area (Å²) in [6.07, 6.45) is -2.03. The van der Waals surface area contributed by atoms with Crippen molar-refractivity contribution in [1.29, 1.82) is 0 Å². The standard InChI is InChI=1S/C7H14O4/c1-4-6(9)7(10)5(11-4)2-3-8/h4-10H,2-3H2,1H3/t4-,5+,6?,7+/m0/s1. The van der Waals surface area contributed by atoms with Crippen molar-refractivity contribution in [3.63, 3.8) is 0 Å². The number of rotatable bonds is 2. The van der Waals surface area contributed by atoms with Gasteiger partial charge in [0.05, 0.1) is 12.2 Å². The SMILES string of the molecule is C[C@@H]1O[C@H](CCO)[C@@H](O)C1O. The van der Waals surface area contributed by atoms with Crippen LogP contribution in [0.2, 0.25) is 0 Å². The largest absolute Gasteiger partial charge is 0.396 e. The molecule has 0 aliphatic carbocycles. The predicted molar refractivity (Wildman–Crippen MR) is 38.1 cm³/mol. The van der Waals surface area contributed by atoms with Gasteiger partial charge in [0.15, 0.2) is 0 Å². The first-order chi connectivity index (χ1) is 5.16. The highest BCUT2D eigenvalue weighted by Gasteiger charge is 2.39. The maximum Gasteiger partial charge on any atom is 0.109 e. The Morgan fingerprint density at radius 3 is 2.27 bits per heavy atom. The summed E-state index contributed by atoms with van der Waals surface area (Å²) < 4.78 is 5.17. The van der Waals surface area contributed by atoms with Gasteiger partial charge in [0, 0.05) is 6.61 Å². The quantitative estimate of drug-likeness (QED) is 0.481. The molecule has 0 saturated carbocycles. The van der Waals surface area contributed by atoms with Crippen LogP contribution in [-0.2, 0) is 4.74 Å². The molecule has 4 atom stereocenters. The van der Waals surface area contributed by atoms with E-state index in [4.69, 9.17) is 9.84 Å². The number of aliphatic hydroxyl groups excluding tert-OH is 3. The summed E-state index contributed by atoms with van der Waals surface area (Å²) in [6.45, 7) is 1.67. The van der Waals surface area contributed by atoms with Crippen molar-refractivity contribution in [2.75, 3.05) is 6.61 Å². The Balaban J connectivity index is 2.45. The highest BCUT2D eigenvalue weighted by atomic mass is 16.5. The van der Waals surface area contributed by atoms with Crippen molar-refractivity contribution in [3.8, 4) is 0 Å². The summed E-state index contributed by atoms with van der Waals surface area (Å²) in [5.41, 5.74) is 0. The van der Waals surface area contributed by atoms with Gasteiger partial charge in [-0.2, -0.15) is 0 Å². The van der Waals surface area contributed by atoms with Crippen molar-refractivity contribution in [3.05, 3.63) is 0 Å². The van der Waals surface area contributed by atoms with E-state index in [0.717, 1.165) is 0 Å². The minimum absolute atomic E-state index is 0.0266. The zero-order valence-electron chi connectivity index (χ0n) is 6.47. The third kappa shape index (κ3) is 1.70. The molecular formula is C7H14O4. The summed E-state index contributed by atoms with van der Waals surface area (Å²) in [5.74, 6) is 0. The molecule has 1 aliphatic heterocycles. The van der Waals surface area contributed by atoms with E-state index in [1.807, 2.05) is 0 Å². The van der Waals surface area contributed by atoms with Crippen LogP contribution in [0.25, 0.3) is 0 Å². The highest BCUT2D eigenvalue weighted by molar-refractivity contribution is 4.87. The highest BCUT2D eigenvalue weighted by Crippen LogP contribution is 2.22.